The van der Waals surface area contributed by atoms with Crippen molar-refractivity contribution in [2.75, 3.05) is 39.8 Å². The van der Waals surface area contributed by atoms with Crippen LogP contribution in [0.15, 0.2) is 27.1 Å². The van der Waals surface area contributed by atoms with Gasteiger partial charge in [0.2, 0.25) is 15.0 Å². The number of rotatable bonds is 8. The molecule has 0 aromatic rings. The van der Waals surface area contributed by atoms with E-state index in [1.54, 1.807) is 0 Å². The summed E-state index contributed by atoms with van der Waals surface area (Å²) in [5.74, 6) is 0. The minimum absolute atomic E-state index is 0.107. The lowest BCUT2D eigenvalue weighted by molar-refractivity contribution is -0.154. The van der Waals surface area contributed by atoms with Gasteiger partial charge in [-0.3, -0.25) is 18.1 Å². The zero-order chi connectivity index (χ0) is 34.9. The van der Waals surface area contributed by atoms with Crippen LogP contribution in [0.2, 0.25) is 0 Å². The Hall–Kier alpha value is -0.0400. The Morgan fingerprint density at radius 3 is 0.818 bits per heavy atom. The predicted octanol–water partition coefficient (Wildman–Crippen LogP) is 13.2. The summed E-state index contributed by atoms with van der Waals surface area (Å²) in [6.45, 7) is -12.2. The quantitative estimate of drug-likeness (QED) is 0.179. The van der Waals surface area contributed by atoms with Gasteiger partial charge < -0.3 is 0 Å². The molecule has 0 aliphatic carbocycles. The van der Waals surface area contributed by atoms with E-state index in [1.165, 1.54) is 0 Å². The van der Waals surface area contributed by atoms with Crippen LogP contribution in [0.4, 0.5) is 77.9 Å². The molecular formula is C10H14F18N6O4P6. The molecule has 264 valence electrons. The molecule has 1 rings (SSSR count). The van der Waals surface area contributed by atoms with Gasteiger partial charge in [-0.2, -0.15) is 91.4 Å². The van der Waals surface area contributed by atoms with Crippen molar-refractivity contribution in [3.8, 4) is 0 Å². The molecule has 0 amide bonds. The monoisotopic (exact) mass is 810 g/mol. The van der Waals surface area contributed by atoms with E-state index < -0.39 is 97.1 Å². The molecule has 0 radical (unpaired) electrons. The zero-order valence-electron chi connectivity index (χ0n) is 20.6. The second kappa shape index (κ2) is 13.8. The van der Waals surface area contributed by atoms with E-state index in [9.17, 15) is 52.7 Å². The molecule has 0 aromatic heterocycles. The molecule has 44 heavy (non-hydrogen) atoms. The highest BCUT2D eigenvalue weighted by molar-refractivity contribution is 7.80. The highest BCUT2D eigenvalue weighted by Crippen LogP contribution is 2.81. The summed E-state index contributed by atoms with van der Waals surface area (Å²) in [5.41, 5.74) is 0. The van der Waals surface area contributed by atoms with Crippen molar-refractivity contribution in [1.29, 1.82) is 0 Å². The van der Waals surface area contributed by atoms with Crippen molar-refractivity contribution in [1.82, 2.24) is 0 Å². The number of hydrogen-bond acceptors (Lipinski definition) is 10. The first-order valence-corrected chi connectivity index (χ1v) is 20.0. The van der Waals surface area contributed by atoms with Gasteiger partial charge in [-0.1, -0.05) is 0 Å². The van der Waals surface area contributed by atoms with Gasteiger partial charge >= 0.3 is 55.7 Å². The van der Waals surface area contributed by atoms with Gasteiger partial charge in [0.05, 0.1) is 0 Å². The van der Waals surface area contributed by atoms with E-state index in [4.69, 9.17) is 0 Å². The Balaban J connectivity index is 4.47. The van der Waals surface area contributed by atoms with E-state index in [2.05, 4.69) is 31.6 Å². The van der Waals surface area contributed by atoms with Gasteiger partial charge in [0.25, 0.3) is 0 Å². The largest absolute Gasteiger partial charge is 0.412 e. The van der Waals surface area contributed by atoms with Gasteiger partial charge in [0.15, 0.2) is 26.4 Å². The van der Waals surface area contributed by atoms with Crippen molar-refractivity contribution < 1.29 is 96.0 Å². The molecule has 0 N–H and O–H groups in total. The fraction of sp³-hybridized carbons (Fsp3) is 1.00. The van der Waals surface area contributed by atoms with Crippen LogP contribution in [-0.2, 0) is 18.1 Å². The standard InChI is InChI=1S/C10H14F18N6O4P6/c1-39(23)29-40(2,24)31-42(26,36-4-8(14,15)16)33-44(28,38-6-10(20,21)22)34-43(27,37-5-9(17,18)19)32-41(25,30-39)35-3-7(11,12)13/h3-6H2,1-2H3. The SMILES string of the molecule is CP1(F)=NP(C)(F)=NP(F)(OCC(F)(F)F)=NP(F)(OCC(F)(F)F)=NP(F)(OCC(F)(F)F)=NP(F)(OCC(F)(F)F)=N1. The zero-order valence-corrected chi connectivity index (χ0v) is 26.0. The van der Waals surface area contributed by atoms with E-state index in [0.29, 0.717) is 0 Å². The van der Waals surface area contributed by atoms with Crippen LogP contribution in [0, 0.1) is 0 Å². The number of alkyl halides is 12. The average molecular weight is 810 g/mol. The van der Waals surface area contributed by atoms with Crippen LogP contribution in [0.5, 0.6) is 0 Å². The number of halogens is 18. The third-order valence-corrected chi connectivity index (χ3v) is 17.2. The minimum atomic E-state index is -7.25. The fourth-order valence-corrected chi connectivity index (χ4v) is 16.6. The smallest absolute Gasteiger partial charge is 0.294 e. The van der Waals surface area contributed by atoms with E-state index >= 15 is 25.2 Å². The molecule has 34 heteroatoms. The van der Waals surface area contributed by atoms with Crippen molar-refractivity contribution in [2.24, 2.45) is 27.1 Å². The molecule has 10 nitrogen and oxygen atoms in total. The molecule has 0 bridgehead atoms. The van der Waals surface area contributed by atoms with Gasteiger partial charge in [-0.25, -0.2) is 0 Å². The maximum atomic E-state index is 15.6. The van der Waals surface area contributed by atoms with Gasteiger partial charge in [0, 0.05) is 13.3 Å². The lowest BCUT2D eigenvalue weighted by atomic mass is 10.7. The van der Waals surface area contributed by atoms with Gasteiger partial charge in [-0.05, 0) is 0 Å². The molecular weight excluding hydrogens is 796 g/mol. The first-order chi connectivity index (χ1) is 19.1. The molecule has 0 fully saturated rings. The third kappa shape index (κ3) is 17.2. The maximum absolute atomic E-state index is 15.6. The third-order valence-electron chi connectivity index (χ3n) is 3.11. The first-order valence-electron chi connectivity index (χ1n) is 9.88. The van der Waals surface area contributed by atoms with Crippen LogP contribution in [0.3, 0.4) is 0 Å². The highest BCUT2D eigenvalue weighted by atomic mass is 31.3. The van der Waals surface area contributed by atoms with Crippen molar-refractivity contribution in [2.45, 2.75) is 24.7 Å². The second-order valence-electron chi connectivity index (χ2n) is 7.60. The molecule has 0 saturated heterocycles. The molecule has 0 saturated carbocycles. The van der Waals surface area contributed by atoms with E-state index in [0.717, 1.165) is 0 Å². The summed E-state index contributed by atoms with van der Waals surface area (Å²) in [7, 11) is -40.0. The molecule has 1 heterocycles. The van der Waals surface area contributed by atoms with Crippen molar-refractivity contribution >= 4 is 46.0 Å². The summed E-state index contributed by atoms with van der Waals surface area (Å²) in [5, 5.41) is 0. The summed E-state index contributed by atoms with van der Waals surface area (Å²) >= 11 is 0. The summed E-state index contributed by atoms with van der Waals surface area (Å²) in [6, 6.07) is 0. The Morgan fingerprint density at radius 1 is 0.364 bits per heavy atom. The lowest BCUT2D eigenvalue weighted by Crippen LogP contribution is -2.16. The molecule has 1 aliphatic rings. The first kappa shape index (κ1) is 42.0. The number of hydrogen-bond donors (Lipinski definition) is 0. The molecule has 0 aromatic carbocycles. The molecule has 0 spiro atoms. The van der Waals surface area contributed by atoms with Crippen LogP contribution in [-0.4, -0.2) is 64.5 Å². The van der Waals surface area contributed by atoms with Crippen LogP contribution < -0.4 is 0 Å². The van der Waals surface area contributed by atoms with Gasteiger partial charge in [0.1, 0.15) is 0 Å². The summed E-state index contributed by atoms with van der Waals surface area (Å²) in [4.78, 5) is 0. The molecule has 1 aliphatic heterocycles. The molecule has 6 unspecified atom stereocenters. The number of nitrogens with zero attached hydrogens (tertiary/aromatic N) is 6. The Kier molecular flexibility index (Phi) is 13.2. The lowest BCUT2D eigenvalue weighted by Gasteiger charge is -2.23. The normalized spacial score (nSPS) is 36.3. The Labute approximate surface area is 234 Å². The van der Waals surface area contributed by atoms with Crippen molar-refractivity contribution in [3.05, 3.63) is 0 Å². The summed E-state index contributed by atoms with van der Waals surface area (Å²) < 4.78 is 271. The van der Waals surface area contributed by atoms with Gasteiger partial charge in [-0.15, -0.1) is 13.5 Å². The Bertz CT molecular complexity index is 1340. The van der Waals surface area contributed by atoms with E-state index in [-0.39, 0.29) is 13.3 Å². The topological polar surface area (TPSA) is 111 Å². The van der Waals surface area contributed by atoms with Crippen LogP contribution >= 0.6 is 46.0 Å². The average Bonchev–Trinajstić information content (AvgIpc) is 2.69. The predicted molar refractivity (Wildman–Crippen MR) is 123 cm³/mol. The second-order valence-corrected chi connectivity index (χ2v) is 20.0. The van der Waals surface area contributed by atoms with Crippen LogP contribution in [0.1, 0.15) is 0 Å². The highest BCUT2D eigenvalue weighted by Gasteiger charge is 2.45. The summed E-state index contributed by atoms with van der Waals surface area (Å²) in [6.07, 6.45) is -22.8. The van der Waals surface area contributed by atoms with Crippen molar-refractivity contribution in [3.63, 3.8) is 0 Å². The minimum Gasteiger partial charge on any atom is -0.294 e. The van der Waals surface area contributed by atoms with Crippen LogP contribution in [0.25, 0.3) is 0 Å². The van der Waals surface area contributed by atoms with E-state index in [1.807, 2.05) is 13.5 Å². The molecule has 6 atom stereocenters. The maximum Gasteiger partial charge on any atom is 0.412 e. The fourth-order valence-electron chi connectivity index (χ4n) is 2.04. The Morgan fingerprint density at radius 2 is 0.568 bits per heavy atom.